The van der Waals surface area contributed by atoms with Crippen LogP contribution in [0.2, 0.25) is 0 Å². The van der Waals surface area contributed by atoms with Gasteiger partial charge in [-0.25, -0.2) is 5.43 Å². The van der Waals surface area contributed by atoms with Crippen LogP contribution in [0.15, 0.2) is 58.4 Å². The quantitative estimate of drug-likeness (QED) is 0.652. The maximum atomic E-state index is 11.6. The number of amides is 1. The molecule has 0 saturated carbocycles. The molecule has 5 nitrogen and oxygen atoms in total. The van der Waals surface area contributed by atoms with Crippen molar-refractivity contribution in [3.63, 3.8) is 0 Å². The van der Waals surface area contributed by atoms with Crippen LogP contribution in [0, 0.1) is 0 Å². The zero-order valence-electron chi connectivity index (χ0n) is 10.6. The van der Waals surface area contributed by atoms with Crippen LogP contribution < -0.4 is 10.7 Å². The van der Waals surface area contributed by atoms with E-state index in [1.54, 1.807) is 30.7 Å². The van der Waals surface area contributed by atoms with Gasteiger partial charge in [-0.15, -0.1) is 0 Å². The zero-order chi connectivity index (χ0) is 14.2. The first kappa shape index (κ1) is 14.2. The third kappa shape index (κ3) is 4.81. The molecule has 1 amide bonds. The largest absolute Gasteiger partial charge is 0.376 e. The molecule has 1 aromatic heterocycles. The summed E-state index contributed by atoms with van der Waals surface area (Å²) in [6.07, 6.45) is 4.90. The molecule has 0 aliphatic carbocycles. The van der Waals surface area contributed by atoms with Crippen molar-refractivity contribution >= 4 is 33.7 Å². The first-order valence-corrected chi connectivity index (χ1v) is 6.75. The lowest BCUT2D eigenvalue weighted by molar-refractivity contribution is -0.119. The lowest BCUT2D eigenvalue weighted by Gasteiger charge is -2.04. The molecule has 0 aliphatic heterocycles. The van der Waals surface area contributed by atoms with E-state index in [2.05, 4.69) is 36.8 Å². The highest BCUT2D eigenvalue weighted by Crippen LogP contribution is 2.13. The third-order valence-electron chi connectivity index (χ3n) is 2.41. The number of rotatable bonds is 5. The number of carbonyl (C=O) groups is 1. The van der Waals surface area contributed by atoms with Crippen LogP contribution in [-0.4, -0.2) is 23.7 Å². The van der Waals surface area contributed by atoms with Crippen molar-refractivity contribution in [1.29, 1.82) is 0 Å². The predicted molar refractivity (Wildman–Crippen MR) is 82.6 cm³/mol. The highest BCUT2D eigenvalue weighted by molar-refractivity contribution is 9.10. The van der Waals surface area contributed by atoms with E-state index < -0.39 is 0 Å². The molecule has 2 aromatic rings. The fraction of sp³-hybridized carbons (Fsp3) is 0.0714. The lowest BCUT2D eigenvalue weighted by atomic mass is 10.3. The molecular weight excluding hydrogens is 320 g/mol. The molecule has 1 heterocycles. The summed E-state index contributed by atoms with van der Waals surface area (Å²) in [4.78, 5) is 15.5. The average molecular weight is 333 g/mol. The Morgan fingerprint density at radius 3 is 2.60 bits per heavy atom. The van der Waals surface area contributed by atoms with Crippen LogP contribution in [-0.2, 0) is 4.79 Å². The fourth-order valence-electron chi connectivity index (χ4n) is 1.42. The second kappa shape index (κ2) is 7.40. The summed E-state index contributed by atoms with van der Waals surface area (Å²) in [6, 6.07) is 11.2. The molecule has 0 bridgehead atoms. The van der Waals surface area contributed by atoms with Crippen molar-refractivity contribution < 1.29 is 4.79 Å². The van der Waals surface area contributed by atoms with Crippen molar-refractivity contribution in [2.45, 2.75) is 0 Å². The van der Waals surface area contributed by atoms with E-state index in [1.165, 1.54) is 0 Å². The van der Waals surface area contributed by atoms with Crippen LogP contribution in [0.5, 0.6) is 0 Å². The highest BCUT2D eigenvalue weighted by Gasteiger charge is 1.99. The second-order valence-corrected chi connectivity index (χ2v) is 4.85. The third-order valence-corrected chi connectivity index (χ3v) is 2.93. The first-order chi connectivity index (χ1) is 9.74. The monoisotopic (exact) mass is 332 g/mol. The van der Waals surface area contributed by atoms with Gasteiger partial charge in [0.1, 0.15) is 0 Å². The van der Waals surface area contributed by atoms with Crippen LogP contribution in [0.3, 0.4) is 0 Å². The minimum Gasteiger partial charge on any atom is -0.376 e. The second-order valence-electron chi connectivity index (χ2n) is 3.93. The van der Waals surface area contributed by atoms with E-state index in [0.29, 0.717) is 0 Å². The van der Waals surface area contributed by atoms with Gasteiger partial charge in [0, 0.05) is 22.6 Å². The Morgan fingerprint density at radius 2 is 1.90 bits per heavy atom. The molecule has 102 valence electrons. The Hall–Kier alpha value is -2.21. The number of hydrogen-bond acceptors (Lipinski definition) is 4. The summed E-state index contributed by atoms with van der Waals surface area (Å²) in [6.45, 7) is 0.162. The Labute approximate surface area is 125 Å². The molecule has 0 atom stereocenters. The molecular formula is C14H13BrN4O. The van der Waals surface area contributed by atoms with Crippen LogP contribution >= 0.6 is 15.9 Å². The van der Waals surface area contributed by atoms with Crippen LogP contribution in [0.1, 0.15) is 5.56 Å². The standard InChI is InChI=1S/C14H13BrN4O/c15-12-1-3-13(4-2-12)17-10-14(20)19-18-9-11-5-7-16-8-6-11/h1-9,17H,10H2,(H,19,20)/b18-9-. The van der Waals surface area contributed by atoms with Crippen molar-refractivity contribution in [3.05, 3.63) is 58.8 Å². The van der Waals surface area contributed by atoms with E-state index in [-0.39, 0.29) is 12.5 Å². The molecule has 0 unspecified atom stereocenters. The van der Waals surface area contributed by atoms with Gasteiger partial charge >= 0.3 is 0 Å². The van der Waals surface area contributed by atoms with Gasteiger partial charge in [-0.05, 0) is 42.0 Å². The number of hydrogen-bond donors (Lipinski definition) is 2. The molecule has 1 aromatic carbocycles. The normalized spacial score (nSPS) is 10.4. The highest BCUT2D eigenvalue weighted by atomic mass is 79.9. The summed E-state index contributed by atoms with van der Waals surface area (Å²) >= 11 is 3.35. The number of pyridine rings is 1. The van der Waals surface area contributed by atoms with Crippen molar-refractivity contribution in [2.24, 2.45) is 5.10 Å². The Balaban J connectivity index is 1.76. The maximum Gasteiger partial charge on any atom is 0.259 e. The minimum absolute atomic E-state index is 0.162. The molecule has 2 N–H and O–H groups in total. The zero-order valence-corrected chi connectivity index (χ0v) is 12.2. The van der Waals surface area contributed by atoms with Crippen molar-refractivity contribution in [2.75, 3.05) is 11.9 Å². The van der Waals surface area contributed by atoms with E-state index >= 15 is 0 Å². The predicted octanol–water partition coefficient (Wildman–Crippen LogP) is 2.41. The van der Waals surface area contributed by atoms with Gasteiger partial charge in [0.05, 0.1) is 12.8 Å². The van der Waals surface area contributed by atoms with Gasteiger partial charge in [-0.1, -0.05) is 15.9 Å². The molecule has 0 saturated heterocycles. The number of nitrogens with one attached hydrogen (secondary N) is 2. The summed E-state index contributed by atoms with van der Waals surface area (Å²) < 4.78 is 0.995. The molecule has 6 heteroatoms. The van der Waals surface area contributed by atoms with E-state index in [0.717, 1.165) is 15.7 Å². The molecule has 20 heavy (non-hydrogen) atoms. The van der Waals surface area contributed by atoms with Crippen molar-refractivity contribution in [1.82, 2.24) is 10.4 Å². The summed E-state index contributed by atoms with van der Waals surface area (Å²) in [5, 5.41) is 6.87. The van der Waals surface area contributed by atoms with Gasteiger partial charge < -0.3 is 5.32 Å². The molecule has 0 aliphatic rings. The summed E-state index contributed by atoms with van der Waals surface area (Å²) in [5.41, 5.74) is 4.20. The number of nitrogens with zero attached hydrogens (tertiary/aromatic N) is 2. The fourth-order valence-corrected chi connectivity index (χ4v) is 1.68. The van der Waals surface area contributed by atoms with E-state index in [9.17, 15) is 4.79 Å². The lowest BCUT2D eigenvalue weighted by Crippen LogP contribution is -2.25. The molecule has 0 spiro atoms. The number of carbonyl (C=O) groups excluding carboxylic acids is 1. The number of benzene rings is 1. The van der Waals surface area contributed by atoms with E-state index in [4.69, 9.17) is 0 Å². The minimum atomic E-state index is -0.210. The Morgan fingerprint density at radius 1 is 1.20 bits per heavy atom. The van der Waals surface area contributed by atoms with Crippen LogP contribution in [0.4, 0.5) is 5.69 Å². The summed E-state index contributed by atoms with van der Waals surface area (Å²) in [5.74, 6) is -0.210. The van der Waals surface area contributed by atoms with Crippen LogP contribution in [0.25, 0.3) is 0 Å². The Bertz CT molecular complexity index is 584. The summed E-state index contributed by atoms with van der Waals surface area (Å²) in [7, 11) is 0. The molecule has 0 radical (unpaired) electrons. The first-order valence-electron chi connectivity index (χ1n) is 5.95. The topological polar surface area (TPSA) is 66.4 Å². The van der Waals surface area contributed by atoms with Gasteiger partial charge in [0.25, 0.3) is 5.91 Å². The van der Waals surface area contributed by atoms with E-state index in [1.807, 2.05) is 24.3 Å². The number of aromatic nitrogens is 1. The molecule has 2 rings (SSSR count). The SMILES string of the molecule is O=C(CNc1ccc(Br)cc1)N/N=C\c1ccncc1. The maximum absolute atomic E-state index is 11.6. The average Bonchev–Trinajstić information content (AvgIpc) is 2.48. The van der Waals surface area contributed by atoms with Gasteiger partial charge in [-0.2, -0.15) is 5.10 Å². The smallest absolute Gasteiger partial charge is 0.259 e. The number of hydrazone groups is 1. The number of halogens is 1. The van der Waals surface area contributed by atoms with Crippen molar-refractivity contribution in [3.8, 4) is 0 Å². The van der Waals surface area contributed by atoms with Gasteiger partial charge in [0.2, 0.25) is 0 Å². The number of anilines is 1. The van der Waals surface area contributed by atoms with Gasteiger partial charge in [0.15, 0.2) is 0 Å². The van der Waals surface area contributed by atoms with Gasteiger partial charge in [-0.3, -0.25) is 9.78 Å². The Kier molecular flexibility index (Phi) is 5.25. The molecule has 0 fully saturated rings.